The number of cyclic esters (lactones) is 1. The molecule has 1 heterocycles. The van der Waals surface area contributed by atoms with E-state index in [2.05, 4.69) is 11.9 Å². The molecule has 0 atom stereocenters. The van der Waals surface area contributed by atoms with Crippen LogP contribution in [0.1, 0.15) is 30.9 Å². The number of benzene rings is 2. The van der Waals surface area contributed by atoms with Crippen LogP contribution in [0.4, 0.5) is 0 Å². The van der Waals surface area contributed by atoms with Gasteiger partial charge in [-0.2, -0.15) is 0 Å². The summed E-state index contributed by atoms with van der Waals surface area (Å²) in [4.78, 5) is 16.8. The number of aliphatic imine (C=N–C) groups is 1. The number of hydrogen-bond acceptors (Lipinski definition) is 8. The van der Waals surface area contributed by atoms with Gasteiger partial charge in [-0.1, -0.05) is 19.4 Å². The second-order valence-corrected chi connectivity index (χ2v) is 6.86. The van der Waals surface area contributed by atoms with Crippen LogP contribution in [0.2, 0.25) is 0 Å². The van der Waals surface area contributed by atoms with Gasteiger partial charge in [-0.05, 0) is 42.3 Å². The van der Waals surface area contributed by atoms with E-state index >= 15 is 0 Å². The van der Waals surface area contributed by atoms with Crippen molar-refractivity contribution in [1.82, 2.24) is 0 Å². The van der Waals surface area contributed by atoms with Gasteiger partial charge in [-0.15, -0.1) is 0 Å². The number of methoxy groups -OCH3 is 4. The quantitative estimate of drug-likeness (QED) is 0.310. The maximum absolute atomic E-state index is 12.4. The molecule has 0 saturated carbocycles. The molecule has 0 spiro atoms. The number of esters is 1. The molecule has 0 bridgehead atoms. The van der Waals surface area contributed by atoms with Crippen LogP contribution in [-0.2, 0) is 9.53 Å². The number of ether oxygens (including phenoxy) is 6. The highest BCUT2D eigenvalue weighted by molar-refractivity contribution is 6.13. The van der Waals surface area contributed by atoms with Crippen molar-refractivity contribution >= 4 is 17.9 Å². The summed E-state index contributed by atoms with van der Waals surface area (Å²) < 4.78 is 32.6. The zero-order valence-electron chi connectivity index (χ0n) is 18.9. The maximum atomic E-state index is 12.4. The summed E-state index contributed by atoms with van der Waals surface area (Å²) in [5.41, 5.74) is 1.41. The van der Waals surface area contributed by atoms with Gasteiger partial charge in [-0.25, -0.2) is 9.79 Å². The maximum Gasteiger partial charge on any atom is 0.363 e. The monoisotopic (exact) mass is 441 g/mol. The van der Waals surface area contributed by atoms with E-state index in [4.69, 9.17) is 28.4 Å². The summed E-state index contributed by atoms with van der Waals surface area (Å²) in [5, 5.41) is 0. The fraction of sp³-hybridized carbons (Fsp3) is 0.333. The van der Waals surface area contributed by atoms with Crippen molar-refractivity contribution < 1.29 is 33.2 Å². The van der Waals surface area contributed by atoms with E-state index in [0.717, 1.165) is 18.4 Å². The van der Waals surface area contributed by atoms with Crippen LogP contribution >= 0.6 is 0 Å². The van der Waals surface area contributed by atoms with Crippen molar-refractivity contribution in [2.75, 3.05) is 35.0 Å². The van der Waals surface area contributed by atoms with Gasteiger partial charge in [0.15, 0.2) is 28.7 Å². The summed E-state index contributed by atoms with van der Waals surface area (Å²) in [6.07, 6.45) is 3.63. The molecular weight excluding hydrogens is 414 g/mol. The molecule has 0 amide bonds. The Hall–Kier alpha value is -3.68. The molecule has 0 radical (unpaired) electrons. The first kappa shape index (κ1) is 23.0. The summed E-state index contributed by atoms with van der Waals surface area (Å²) in [6.45, 7) is 2.71. The van der Waals surface area contributed by atoms with Gasteiger partial charge in [0.1, 0.15) is 0 Å². The van der Waals surface area contributed by atoms with Gasteiger partial charge in [-0.3, -0.25) is 0 Å². The van der Waals surface area contributed by atoms with Crippen molar-refractivity contribution in [2.24, 2.45) is 4.99 Å². The number of rotatable bonds is 10. The van der Waals surface area contributed by atoms with E-state index < -0.39 is 5.97 Å². The SMILES string of the molecule is CCCCOc1ccc(/C=C2/N=C(c3cc(OC)c(OC)c(OC)c3)OC2=O)cc1OC. The van der Waals surface area contributed by atoms with E-state index in [1.54, 1.807) is 31.4 Å². The largest absolute Gasteiger partial charge is 0.493 e. The van der Waals surface area contributed by atoms with E-state index in [0.29, 0.717) is 40.9 Å². The molecule has 0 unspecified atom stereocenters. The number of carbonyl (C=O) groups excluding carboxylic acids is 1. The highest BCUT2D eigenvalue weighted by atomic mass is 16.6. The third-order valence-electron chi connectivity index (χ3n) is 4.78. The van der Waals surface area contributed by atoms with Crippen LogP contribution in [0.3, 0.4) is 0 Å². The molecule has 0 aliphatic carbocycles. The van der Waals surface area contributed by atoms with E-state index in [1.807, 2.05) is 12.1 Å². The summed E-state index contributed by atoms with van der Waals surface area (Å²) >= 11 is 0. The van der Waals surface area contributed by atoms with Crippen LogP contribution in [0, 0.1) is 0 Å². The van der Waals surface area contributed by atoms with Gasteiger partial charge in [0.05, 0.1) is 35.0 Å². The lowest BCUT2D eigenvalue weighted by molar-refractivity contribution is -0.129. The standard InChI is InChI=1S/C24H27NO7/c1-6-7-10-31-18-9-8-15(12-19(18)27-2)11-17-24(26)32-23(25-17)16-13-20(28-3)22(30-5)21(14-16)29-4/h8-9,11-14H,6-7,10H2,1-5H3/b17-11+. The van der Waals surface area contributed by atoms with E-state index in [9.17, 15) is 4.79 Å². The second-order valence-electron chi connectivity index (χ2n) is 6.86. The number of nitrogens with zero attached hydrogens (tertiary/aromatic N) is 1. The van der Waals surface area contributed by atoms with Crippen molar-refractivity contribution in [1.29, 1.82) is 0 Å². The zero-order valence-corrected chi connectivity index (χ0v) is 18.9. The Labute approximate surface area is 187 Å². The van der Waals surface area contributed by atoms with E-state index in [1.165, 1.54) is 21.3 Å². The fourth-order valence-corrected chi connectivity index (χ4v) is 3.11. The average Bonchev–Trinajstić information content (AvgIpc) is 3.18. The lowest BCUT2D eigenvalue weighted by Gasteiger charge is -2.13. The van der Waals surface area contributed by atoms with Crippen molar-refractivity contribution in [2.45, 2.75) is 19.8 Å². The van der Waals surface area contributed by atoms with E-state index in [-0.39, 0.29) is 11.6 Å². The molecule has 1 aliphatic rings. The van der Waals surface area contributed by atoms with Crippen LogP contribution < -0.4 is 23.7 Å². The molecule has 0 N–H and O–H groups in total. The number of hydrogen-bond donors (Lipinski definition) is 0. The molecule has 1 aliphatic heterocycles. The van der Waals surface area contributed by atoms with Crippen LogP contribution in [0.5, 0.6) is 28.7 Å². The van der Waals surface area contributed by atoms with Gasteiger partial charge in [0, 0.05) is 5.56 Å². The highest BCUT2D eigenvalue weighted by Gasteiger charge is 2.26. The molecule has 2 aromatic carbocycles. The Bertz CT molecular complexity index is 1020. The van der Waals surface area contributed by atoms with Crippen LogP contribution in [-0.4, -0.2) is 46.9 Å². The Morgan fingerprint density at radius 2 is 1.59 bits per heavy atom. The fourth-order valence-electron chi connectivity index (χ4n) is 3.11. The van der Waals surface area contributed by atoms with Crippen LogP contribution in [0.25, 0.3) is 6.08 Å². The first-order valence-electron chi connectivity index (χ1n) is 10.2. The smallest absolute Gasteiger partial charge is 0.363 e. The minimum atomic E-state index is -0.559. The molecule has 2 aromatic rings. The Morgan fingerprint density at radius 1 is 0.906 bits per heavy atom. The minimum Gasteiger partial charge on any atom is -0.493 e. The molecular formula is C24H27NO7. The molecule has 0 fully saturated rings. The van der Waals surface area contributed by atoms with Gasteiger partial charge >= 0.3 is 5.97 Å². The third kappa shape index (κ3) is 4.96. The minimum absolute atomic E-state index is 0.145. The first-order valence-corrected chi connectivity index (χ1v) is 10.2. The third-order valence-corrected chi connectivity index (χ3v) is 4.78. The Kier molecular flexibility index (Phi) is 7.59. The second kappa shape index (κ2) is 10.6. The van der Waals surface area contributed by atoms with Gasteiger partial charge in [0.2, 0.25) is 11.6 Å². The lowest BCUT2D eigenvalue weighted by Crippen LogP contribution is -2.07. The van der Waals surface area contributed by atoms with Crippen molar-refractivity contribution in [3.8, 4) is 28.7 Å². The Balaban J connectivity index is 1.91. The van der Waals surface area contributed by atoms with Crippen molar-refractivity contribution in [3.63, 3.8) is 0 Å². The number of carbonyl (C=O) groups is 1. The molecule has 3 rings (SSSR count). The van der Waals surface area contributed by atoms with Crippen LogP contribution in [0.15, 0.2) is 41.0 Å². The summed E-state index contributed by atoms with van der Waals surface area (Å²) in [6, 6.07) is 8.76. The molecule has 0 saturated heterocycles. The lowest BCUT2D eigenvalue weighted by atomic mass is 10.1. The Morgan fingerprint density at radius 3 is 2.19 bits per heavy atom. The summed E-state index contributed by atoms with van der Waals surface area (Å²) in [7, 11) is 6.11. The topological polar surface area (TPSA) is 84.8 Å². The van der Waals surface area contributed by atoms with Gasteiger partial charge < -0.3 is 28.4 Å². The molecule has 8 heteroatoms. The average molecular weight is 441 g/mol. The normalized spacial score (nSPS) is 14.1. The highest BCUT2D eigenvalue weighted by Crippen LogP contribution is 2.39. The van der Waals surface area contributed by atoms with Crippen molar-refractivity contribution in [3.05, 3.63) is 47.2 Å². The molecule has 0 aromatic heterocycles. The predicted octanol–water partition coefficient (Wildman–Crippen LogP) is 4.24. The predicted molar refractivity (Wildman–Crippen MR) is 120 cm³/mol. The van der Waals surface area contributed by atoms with Gasteiger partial charge in [0.25, 0.3) is 0 Å². The summed E-state index contributed by atoms with van der Waals surface area (Å²) in [5.74, 6) is 2.12. The molecule has 170 valence electrons. The zero-order chi connectivity index (χ0) is 23.1. The molecule has 8 nitrogen and oxygen atoms in total. The number of unbranched alkanes of at least 4 members (excludes halogenated alkanes) is 1. The molecule has 32 heavy (non-hydrogen) atoms. The first-order chi connectivity index (χ1) is 15.5.